The van der Waals surface area contributed by atoms with Gasteiger partial charge in [-0.15, -0.1) is 22.7 Å². The lowest BCUT2D eigenvalue weighted by Crippen LogP contribution is -2.21. The van der Waals surface area contributed by atoms with E-state index in [1.54, 1.807) is 22.7 Å². The molecule has 0 aliphatic rings. The van der Waals surface area contributed by atoms with Crippen molar-refractivity contribution in [2.75, 3.05) is 18.0 Å². The Morgan fingerprint density at radius 3 is 2.53 bits per heavy atom. The fourth-order valence-electron chi connectivity index (χ4n) is 1.77. The molecule has 0 spiro atoms. The third kappa shape index (κ3) is 4.18. The van der Waals surface area contributed by atoms with Gasteiger partial charge in [-0.05, 0) is 26.0 Å². The third-order valence-electron chi connectivity index (χ3n) is 2.80. The van der Waals surface area contributed by atoms with Gasteiger partial charge >= 0.3 is 0 Å². The summed E-state index contributed by atoms with van der Waals surface area (Å²) in [5.74, 6) is 0. The molecule has 6 heteroatoms. The van der Waals surface area contributed by atoms with Gasteiger partial charge in [0.25, 0.3) is 0 Å². The van der Waals surface area contributed by atoms with Crippen molar-refractivity contribution in [3.63, 3.8) is 0 Å². The molecule has 0 aliphatic carbocycles. The van der Waals surface area contributed by atoms with E-state index in [1.807, 2.05) is 12.3 Å². The maximum absolute atomic E-state index is 5.90. The average molecular weight is 316 g/mol. The summed E-state index contributed by atoms with van der Waals surface area (Å²) in [5.41, 5.74) is 0. The Labute approximate surface area is 127 Å². The predicted molar refractivity (Wildman–Crippen MR) is 85.5 cm³/mol. The first-order valence-corrected chi connectivity index (χ1v) is 8.38. The summed E-state index contributed by atoms with van der Waals surface area (Å²) < 4.78 is 0.846. The zero-order valence-electron chi connectivity index (χ0n) is 11.1. The van der Waals surface area contributed by atoms with Gasteiger partial charge < -0.3 is 10.2 Å². The molecule has 0 saturated heterocycles. The topological polar surface area (TPSA) is 28.2 Å². The van der Waals surface area contributed by atoms with Crippen LogP contribution in [-0.2, 0) is 13.1 Å². The van der Waals surface area contributed by atoms with Gasteiger partial charge in [0.1, 0.15) is 0 Å². The van der Waals surface area contributed by atoms with Crippen LogP contribution < -0.4 is 10.2 Å². The molecule has 19 heavy (non-hydrogen) atoms. The second-order valence-corrected chi connectivity index (χ2v) is 6.98. The molecule has 2 aromatic heterocycles. The van der Waals surface area contributed by atoms with Crippen LogP contribution >= 0.6 is 34.3 Å². The molecule has 0 amide bonds. The molecule has 2 aromatic rings. The van der Waals surface area contributed by atoms with Gasteiger partial charge in [-0.25, -0.2) is 4.98 Å². The monoisotopic (exact) mass is 315 g/mol. The fraction of sp³-hybridized carbons (Fsp3) is 0.462. The second-order valence-electron chi connectivity index (χ2n) is 4.09. The minimum Gasteiger partial charge on any atom is -0.349 e. The van der Waals surface area contributed by atoms with Crippen LogP contribution in [0.15, 0.2) is 18.3 Å². The van der Waals surface area contributed by atoms with Crippen LogP contribution in [-0.4, -0.2) is 18.1 Å². The maximum Gasteiger partial charge on any atom is 0.185 e. The molecule has 0 saturated carbocycles. The number of thiophene rings is 1. The lowest BCUT2D eigenvalue weighted by Gasteiger charge is -2.16. The van der Waals surface area contributed by atoms with Crippen LogP contribution in [0.4, 0.5) is 5.13 Å². The Balaban J connectivity index is 1.83. The van der Waals surface area contributed by atoms with E-state index in [9.17, 15) is 0 Å². The van der Waals surface area contributed by atoms with Gasteiger partial charge in [0.2, 0.25) is 0 Å². The molecule has 0 aliphatic heterocycles. The highest BCUT2D eigenvalue weighted by atomic mass is 35.5. The average Bonchev–Trinajstić information content (AvgIpc) is 3.01. The number of anilines is 1. The highest BCUT2D eigenvalue weighted by Crippen LogP contribution is 2.23. The molecule has 0 fully saturated rings. The predicted octanol–water partition coefficient (Wildman–Crippen LogP) is 3.99. The molecule has 2 heterocycles. The lowest BCUT2D eigenvalue weighted by molar-refractivity contribution is 0.708. The van der Waals surface area contributed by atoms with Gasteiger partial charge in [-0.1, -0.05) is 11.6 Å². The lowest BCUT2D eigenvalue weighted by atomic mass is 10.4. The van der Waals surface area contributed by atoms with Gasteiger partial charge in [0.15, 0.2) is 5.13 Å². The molecule has 0 atom stereocenters. The van der Waals surface area contributed by atoms with E-state index >= 15 is 0 Å². The van der Waals surface area contributed by atoms with Gasteiger partial charge in [-0.2, -0.15) is 0 Å². The molecular formula is C13H18ClN3S2. The van der Waals surface area contributed by atoms with Crippen molar-refractivity contribution in [1.82, 2.24) is 10.3 Å². The molecule has 0 unspecified atom stereocenters. The van der Waals surface area contributed by atoms with Gasteiger partial charge in [0, 0.05) is 42.1 Å². The van der Waals surface area contributed by atoms with Crippen LogP contribution in [0.2, 0.25) is 4.34 Å². The molecule has 0 aromatic carbocycles. The molecule has 0 bridgehead atoms. The van der Waals surface area contributed by atoms with Crippen molar-refractivity contribution >= 4 is 39.4 Å². The third-order valence-corrected chi connectivity index (χ3v) is 5.09. The van der Waals surface area contributed by atoms with Crippen LogP contribution in [0.3, 0.4) is 0 Å². The van der Waals surface area contributed by atoms with E-state index in [0.717, 1.165) is 35.6 Å². The largest absolute Gasteiger partial charge is 0.349 e. The van der Waals surface area contributed by atoms with Crippen LogP contribution in [0, 0.1) is 0 Å². The van der Waals surface area contributed by atoms with Crippen molar-refractivity contribution in [2.24, 2.45) is 0 Å². The second kappa shape index (κ2) is 7.24. The Morgan fingerprint density at radius 1 is 1.16 bits per heavy atom. The molecule has 3 nitrogen and oxygen atoms in total. The van der Waals surface area contributed by atoms with Crippen LogP contribution in [0.1, 0.15) is 23.6 Å². The zero-order valence-corrected chi connectivity index (χ0v) is 13.5. The van der Waals surface area contributed by atoms with Crippen molar-refractivity contribution in [1.29, 1.82) is 0 Å². The molecule has 0 radical (unpaired) electrons. The number of nitrogens with zero attached hydrogens (tertiary/aromatic N) is 2. The Kier molecular flexibility index (Phi) is 5.63. The van der Waals surface area contributed by atoms with Crippen molar-refractivity contribution < 1.29 is 0 Å². The Morgan fingerprint density at radius 2 is 1.89 bits per heavy atom. The molecular weight excluding hydrogens is 298 g/mol. The molecule has 1 N–H and O–H groups in total. The van der Waals surface area contributed by atoms with Crippen LogP contribution in [0.25, 0.3) is 0 Å². The summed E-state index contributed by atoms with van der Waals surface area (Å²) in [4.78, 5) is 9.28. The van der Waals surface area contributed by atoms with Crippen molar-refractivity contribution in [3.8, 4) is 0 Å². The first kappa shape index (κ1) is 14.8. The number of rotatable bonds is 7. The highest BCUT2D eigenvalue weighted by molar-refractivity contribution is 7.16. The number of hydrogen-bond donors (Lipinski definition) is 1. The van der Waals surface area contributed by atoms with Gasteiger partial charge in [-0.3, -0.25) is 0 Å². The maximum atomic E-state index is 5.90. The van der Waals surface area contributed by atoms with Gasteiger partial charge in [0.05, 0.1) is 4.34 Å². The number of hydrogen-bond acceptors (Lipinski definition) is 5. The summed E-state index contributed by atoms with van der Waals surface area (Å²) in [6.07, 6.45) is 1.97. The smallest absolute Gasteiger partial charge is 0.185 e. The molecule has 2 rings (SSSR count). The fourth-order valence-corrected chi connectivity index (χ4v) is 3.84. The highest BCUT2D eigenvalue weighted by Gasteiger charge is 2.07. The summed E-state index contributed by atoms with van der Waals surface area (Å²) in [6, 6.07) is 4.00. The van der Waals surface area contributed by atoms with E-state index < -0.39 is 0 Å². The first-order valence-electron chi connectivity index (χ1n) is 6.37. The normalized spacial score (nSPS) is 10.9. The number of aromatic nitrogens is 1. The van der Waals surface area contributed by atoms with Crippen molar-refractivity contribution in [3.05, 3.63) is 32.4 Å². The van der Waals surface area contributed by atoms with E-state index in [4.69, 9.17) is 11.6 Å². The quantitative estimate of drug-likeness (QED) is 0.837. The minimum atomic E-state index is 0.846. The SMILES string of the molecule is CCN(CC)c1ncc(CNCc2ccc(Cl)s2)s1. The summed E-state index contributed by atoms with van der Waals surface area (Å²) in [6.45, 7) is 8.03. The first-order chi connectivity index (χ1) is 9.22. The van der Waals surface area contributed by atoms with Crippen molar-refractivity contribution in [2.45, 2.75) is 26.9 Å². The van der Waals surface area contributed by atoms with E-state index in [1.165, 1.54) is 9.75 Å². The van der Waals surface area contributed by atoms with E-state index in [2.05, 4.69) is 35.1 Å². The Hall–Kier alpha value is -0.620. The summed E-state index contributed by atoms with van der Waals surface area (Å²) in [7, 11) is 0. The summed E-state index contributed by atoms with van der Waals surface area (Å²) in [5, 5.41) is 4.54. The number of thiazole rings is 1. The van der Waals surface area contributed by atoms with E-state index in [0.29, 0.717) is 0 Å². The zero-order chi connectivity index (χ0) is 13.7. The number of halogens is 1. The Bertz CT molecular complexity index is 505. The van der Waals surface area contributed by atoms with E-state index in [-0.39, 0.29) is 0 Å². The standard InChI is InChI=1S/C13H18ClN3S2/c1-3-17(4-2)13-16-9-11(19-13)8-15-7-10-5-6-12(14)18-10/h5-6,9,15H,3-4,7-8H2,1-2H3. The summed E-state index contributed by atoms with van der Waals surface area (Å²) >= 11 is 9.29. The van der Waals surface area contributed by atoms with Crippen LogP contribution in [0.5, 0.6) is 0 Å². The number of nitrogens with one attached hydrogen (secondary N) is 1. The molecule has 104 valence electrons. The minimum absolute atomic E-state index is 0.846.